The van der Waals surface area contributed by atoms with Crippen molar-refractivity contribution in [2.45, 2.75) is 6.92 Å². The summed E-state index contributed by atoms with van der Waals surface area (Å²) in [5.74, 6) is 0.506. The summed E-state index contributed by atoms with van der Waals surface area (Å²) in [6.45, 7) is 2.11. The average molecular weight is 348 g/mol. The molecule has 0 atom stereocenters. The van der Waals surface area contributed by atoms with Crippen LogP contribution in [0.15, 0.2) is 48.5 Å². The molecule has 0 aromatic heterocycles. The summed E-state index contributed by atoms with van der Waals surface area (Å²) in [4.78, 5) is 22.7. The Bertz CT molecular complexity index is 704. The van der Waals surface area contributed by atoms with Gasteiger partial charge in [-0.2, -0.15) is 0 Å². The highest BCUT2D eigenvalue weighted by atomic mass is 35.5. The summed E-state index contributed by atoms with van der Waals surface area (Å²) >= 11 is 5.85. The quantitative estimate of drug-likeness (QED) is 0.700. The molecule has 2 aromatic carbocycles. The average Bonchev–Trinajstić information content (AvgIpc) is 2.53. The first-order valence-electron chi connectivity index (χ1n) is 7.34. The van der Waals surface area contributed by atoms with Gasteiger partial charge in [0.2, 0.25) is 5.91 Å². The van der Waals surface area contributed by atoms with E-state index in [1.165, 1.54) is 6.92 Å². The Morgan fingerprint density at radius 3 is 2.33 bits per heavy atom. The number of nitrogens with one attached hydrogen (secondary N) is 3. The van der Waals surface area contributed by atoms with Crippen molar-refractivity contribution in [3.05, 3.63) is 53.6 Å². The molecule has 0 aliphatic carbocycles. The predicted octanol–water partition coefficient (Wildman–Crippen LogP) is 3.50. The minimum Gasteiger partial charge on any atom is -0.492 e. The zero-order valence-electron chi connectivity index (χ0n) is 13.1. The second-order valence-electron chi connectivity index (χ2n) is 4.95. The molecule has 3 amide bonds. The third kappa shape index (κ3) is 6.18. The van der Waals surface area contributed by atoms with Crippen LogP contribution in [0.4, 0.5) is 16.2 Å². The van der Waals surface area contributed by atoms with Gasteiger partial charge in [0.25, 0.3) is 0 Å². The van der Waals surface area contributed by atoms with Gasteiger partial charge in [-0.15, -0.1) is 0 Å². The Kier molecular flexibility index (Phi) is 6.45. The van der Waals surface area contributed by atoms with E-state index in [4.69, 9.17) is 16.3 Å². The van der Waals surface area contributed by atoms with E-state index in [0.717, 1.165) is 0 Å². The number of hydrogen-bond acceptors (Lipinski definition) is 3. The van der Waals surface area contributed by atoms with E-state index in [-0.39, 0.29) is 11.9 Å². The first kappa shape index (κ1) is 17.6. The maximum Gasteiger partial charge on any atom is 0.319 e. The molecule has 0 aliphatic rings. The molecule has 7 heteroatoms. The zero-order chi connectivity index (χ0) is 17.4. The maximum absolute atomic E-state index is 11.8. The highest BCUT2D eigenvalue weighted by molar-refractivity contribution is 6.30. The van der Waals surface area contributed by atoms with E-state index in [0.29, 0.717) is 35.3 Å². The Balaban J connectivity index is 1.70. The summed E-state index contributed by atoms with van der Waals surface area (Å²) in [5.41, 5.74) is 1.29. The Labute approximate surface area is 145 Å². The van der Waals surface area contributed by atoms with Crippen LogP contribution in [-0.4, -0.2) is 25.1 Å². The van der Waals surface area contributed by atoms with E-state index in [2.05, 4.69) is 16.0 Å². The van der Waals surface area contributed by atoms with Crippen molar-refractivity contribution >= 4 is 34.9 Å². The molecular weight excluding hydrogens is 330 g/mol. The van der Waals surface area contributed by atoms with Gasteiger partial charge in [0.15, 0.2) is 0 Å². The normalized spacial score (nSPS) is 9.92. The number of amides is 3. The first-order chi connectivity index (χ1) is 11.5. The van der Waals surface area contributed by atoms with Gasteiger partial charge in [0.1, 0.15) is 12.4 Å². The highest BCUT2D eigenvalue weighted by Gasteiger charge is 2.02. The van der Waals surface area contributed by atoms with Gasteiger partial charge < -0.3 is 20.7 Å². The molecule has 0 saturated heterocycles. The van der Waals surface area contributed by atoms with Gasteiger partial charge >= 0.3 is 6.03 Å². The van der Waals surface area contributed by atoms with Crippen molar-refractivity contribution in [3.63, 3.8) is 0 Å². The lowest BCUT2D eigenvalue weighted by Gasteiger charge is -2.10. The van der Waals surface area contributed by atoms with Crippen LogP contribution >= 0.6 is 11.6 Å². The molecule has 3 N–H and O–H groups in total. The van der Waals surface area contributed by atoms with Crippen LogP contribution in [0.3, 0.4) is 0 Å². The number of halogens is 1. The minimum atomic E-state index is -0.336. The number of urea groups is 1. The van der Waals surface area contributed by atoms with E-state index in [1.807, 2.05) is 0 Å². The molecule has 6 nitrogen and oxygen atoms in total. The number of rotatable bonds is 6. The van der Waals surface area contributed by atoms with Crippen molar-refractivity contribution in [1.29, 1.82) is 0 Å². The van der Waals surface area contributed by atoms with E-state index in [1.54, 1.807) is 48.5 Å². The predicted molar refractivity (Wildman–Crippen MR) is 94.7 cm³/mol. The van der Waals surface area contributed by atoms with Gasteiger partial charge in [0.05, 0.1) is 6.54 Å². The molecule has 0 heterocycles. The third-order valence-corrected chi connectivity index (χ3v) is 3.15. The summed E-state index contributed by atoms with van der Waals surface area (Å²) in [5, 5.41) is 8.63. The zero-order valence-corrected chi connectivity index (χ0v) is 13.9. The Morgan fingerprint density at radius 1 is 1.04 bits per heavy atom. The second-order valence-corrected chi connectivity index (χ2v) is 5.38. The minimum absolute atomic E-state index is 0.145. The summed E-state index contributed by atoms with van der Waals surface area (Å²) < 4.78 is 5.47. The van der Waals surface area contributed by atoms with Crippen molar-refractivity contribution < 1.29 is 14.3 Å². The lowest BCUT2D eigenvalue weighted by molar-refractivity contribution is -0.114. The van der Waals surface area contributed by atoms with Crippen LogP contribution in [0.1, 0.15) is 6.92 Å². The van der Waals surface area contributed by atoms with Crippen LogP contribution in [0.2, 0.25) is 5.02 Å². The first-order valence-corrected chi connectivity index (χ1v) is 7.71. The van der Waals surface area contributed by atoms with Crippen LogP contribution in [-0.2, 0) is 4.79 Å². The lowest BCUT2D eigenvalue weighted by atomic mass is 10.3. The lowest BCUT2D eigenvalue weighted by Crippen LogP contribution is -2.32. The fourth-order valence-electron chi connectivity index (χ4n) is 1.91. The van der Waals surface area contributed by atoms with Gasteiger partial charge in [-0.25, -0.2) is 4.79 Å². The van der Waals surface area contributed by atoms with Crippen molar-refractivity contribution in [3.8, 4) is 5.75 Å². The molecule has 0 fully saturated rings. The van der Waals surface area contributed by atoms with Gasteiger partial charge in [-0.05, 0) is 42.5 Å². The van der Waals surface area contributed by atoms with Gasteiger partial charge in [-0.1, -0.05) is 17.7 Å². The number of anilines is 2. The molecule has 0 saturated carbocycles. The van der Waals surface area contributed by atoms with Crippen molar-refractivity contribution in [1.82, 2.24) is 5.32 Å². The van der Waals surface area contributed by atoms with Crippen molar-refractivity contribution in [2.24, 2.45) is 0 Å². The number of hydrogen-bond donors (Lipinski definition) is 3. The maximum atomic E-state index is 11.8. The van der Waals surface area contributed by atoms with Crippen LogP contribution in [0, 0.1) is 0 Å². The van der Waals surface area contributed by atoms with E-state index < -0.39 is 0 Å². The van der Waals surface area contributed by atoms with Crippen molar-refractivity contribution in [2.75, 3.05) is 23.8 Å². The Morgan fingerprint density at radius 2 is 1.71 bits per heavy atom. The highest BCUT2D eigenvalue weighted by Crippen LogP contribution is 2.16. The number of ether oxygens (including phenoxy) is 1. The van der Waals surface area contributed by atoms with E-state index >= 15 is 0 Å². The molecule has 0 unspecified atom stereocenters. The van der Waals surface area contributed by atoms with Gasteiger partial charge in [0, 0.05) is 23.3 Å². The molecule has 126 valence electrons. The number of carbonyl (C=O) groups is 2. The SMILES string of the molecule is CC(=O)Nc1ccc(NC(=O)NCCOc2cccc(Cl)c2)cc1. The fourth-order valence-corrected chi connectivity index (χ4v) is 2.09. The fraction of sp³-hybridized carbons (Fsp3) is 0.176. The second kappa shape index (κ2) is 8.79. The molecule has 0 bridgehead atoms. The Hall–Kier alpha value is -2.73. The smallest absolute Gasteiger partial charge is 0.319 e. The molecule has 2 rings (SSSR count). The van der Waals surface area contributed by atoms with E-state index in [9.17, 15) is 9.59 Å². The third-order valence-electron chi connectivity index (χ3n) is 2.92. The number of benzene rings is 2. The van der Waals surface area contributed by atoms with Crippen LogP contribution in [0.25, 0.3) is 0 Å². The molecule has 24 heavy (non-hydrogen) atoms. The molecule has 2 aromatic rings. The topological polar surface area (TPSA) is 79.5 Å². The van der Waals surface area contributed by atoms with Crippen LogP contribution in [0.5, 0.6) is 5.75 Å². The summed E-state index contributed by atoms with van der Waals surface area (Å²) in [6, 6.07) is 13.5. The summed E-state index contributed by atoms with van der Waals surface area (Å²) in [7, 11) is 0. The standard InChI is InChI=1S/C17H18ClN3O3/c1-12(22)20-14-5-7-15(8-6-14)21-17(23)19-9-10-24-16-4-2-3-13(18)11-16/h2-8,11H,9-10H2,1H3,(H,20,22)(H2,19,21,23). The molecular formula is C17H18ClN3O3. The van der Waals surface area contributed by atoms with Crippen LogP contribution < -0.4 is 20.7 Å². The molecule has 0 aliphatic heterocycles. The monoisotopic (exact) mass is 347 g/mol. The summed E-state index contributed by atoms with van der Waals surface area (Å²) in [6.07, 6.45) is 0. The van der Waals surface area contributed by atoms with Gasteiger partial charge in [-0.3, -0.25) is 4.79 Å². The number of carbonyl (C=O) groups excluding carboxylic acids is 2. The molecule has 0 spiro atoms. The molecule has 0 radical (unpaired) electrons. The largest absolute Gasteiger partial charge is 0.492 e.